The fourth-order valence-corrected chi connectivity index (χ4v) is 7.40. The normalized spacial score (nSPS) is 51.6. The molecular formula is C21H34. The van der Waals surface area contributed by atoms with Gasteiger partial charge in [0.05, 0.1) is 0 Å². The van der Waals surface area contributed by atoms with Crippen LogP contribution in [0.3, 0.4) is 0 Å². The highest BCUT2D eigenvalue weighted by Gasteiger charge is 2.57. The molecule has 5 atom stereocenters. The third-order valence-corrected chi connectivity index (χ3v) is 8.55. The van der Waals surface area contributed by atoms with Crippen molar-refractivity contribution < 1.29 is 0 Å². The molecule has 0 radical (unpaired) electrons. The van der Waals surface area contributed by atoms with E-state index in [1.807, 2.05) is 5.57 Å². The lowest BCUT2D eigenvalue weighted by atomic mass is 9.44. The first-order valence-corrected chi connectivity index (χ1v) is 9.57. The van der Waals surface area contributed by atoms with Crippen molar-refractivity contribution in [2.24, 2.45) is 34.0 Å². The van der Waals surface area contributed by atoms with Crippen LogP contribution in [0.2, 0.25) is 0 Å². The lowest BCUT2D eigenvalue weighted by molar-refractivity contribution is -0.0572. The fourth-order valence-electron chi connectivity index (χ4n) is 7.40. The monoisotopic (exact) mass is 286 g/mol. The summed E-state index contributed by atoms with van der Waals surface area (Å²) >= 11 is 0. The number of allylic oxidation sites excluding steroid dienone is 2. The van der Waals surface area contributed by atoms with Crippen LogP contribution in [0.5, 0.6) is 0 Å². The van der Waals surface area contributed by atoms with Crippen molar-refractivity contribution in [1.29, 1.82) is 0 Å². The molecule has 4 rings (SSSR count). The van der Waals surface area contributed by atoms with Crippen molar-refractivity contribution in [3.8, 4) is 0 Å². The van der Waals surface area contributed by atoms with Crippen molar-refractivity contribution in [2.45, 2.75) is 85.5 Å². The predicted molar refractivity (Wildman–Crippen MR) is 90.1 cm³/mol. The number of hydrogen-bond acceptors (Lipinski definition) is 0. The molecule has 0 heteroatoms. The Labute approximate surface area is 131 Å². The molecule has 3 fully saturated rings. The van der Waals surface area contributed by atoms with Gasteiger partial charge in [0.25, 0.3) is 0 Å². The smallest absolute Gasteiger partial charge is 0.0143 e. The summed E-state index contributed by atoms with van der Waals surface area (Å²) in [6.45, 7) is 10.4. The maximum atomic E-state index is 2.75. The molecule has 0 aromatic rings. The maximum absolute atomic E-state index is 2.75. The fraction of sp³-hybridized carbons (Fsp3) is 0.905. The van der Waals surface area contributed by atoms with Gasteiger partial charge in [-0.05, 0) is 78.9 Å². The van der Waals surface area contributed by atoms with Crippen LogP contribution in [-0.4, -0.2) is 0 Å². The summed E-state index contributed by atoms with van der Waals surface area (Å²) in [5.41, 5.74) is 3.76. The highest BCUT2D eigenvalue weighted by atomic mass is 14.6. The Balaban J connectivity index is 1.74. The summed E-state index contributed by atoms with van der Waals surface area (Å²) in [7, 11) is 0. The van der Waals surface area contributed by atoms with Gasteiger partial charge in [-0.3, -0.25) is 0 Å². The van der Waals surface area contributed by atoms with Crippen LogP contribution in [-0.2, 0) is 0 Å². The molecule has 21 heavy (non-hydrogen) atoms. The zero-order valence-corrected chi connectivity index (χ0v) is 14.7. The molecule has 0 aliphatic heterocycles. The van der Waals surface area contributed by atoms with E-state index in [0.717, 1.165) is 17.8 Å². The highest BCUT2D eigenvalue weighted by molar-refractivity contribution is 5.27. The van der Waals surface area contributed by atoms with Crippen molar-refractivity contribution in [3.05, 3.63) is 11.6 Å². The minimum Gasteiger partial charge on any atom is -0.0844 e. The summed E-state index contributed by atoms with van der Waals surface area (Å²) in [5, 5.41) is 0. The van der Waals surface area contributed by atoms with Gasteiger partial charge in [-0.15, -0.1) is 0 Å². The van der Waals surface area contributed by atoms with Gasteiger partial charge in [0, 0.05) is 0 Å². The molecule has 0 amide bonds. The Bertz CT molecular complexity index is 470. The van der Waals surface area contributed by atoms with Crippen LogP contribution < -0.4 is 0 Å². The maximum Gasteiger partial charge on any atom is -0.0143 e. The minimum atomic E-state index is 0.561. The van der Waals surface area contributed by atoms with Crippen LogP contribution in [0, 0.1) is 34.0 Å². The van der Waals surface area contributed by atoms with Crippen molar-refractivity contribution in [3.63, 3.8) is 0 Å². The first-order chi connectivity index (χ1) is 9.87. The quantitative estimate of drug-likeness (QED) is 0.454. The first kappa shape index (κ1) is 14.3. The molecule has 3 saturated carbocycles. The average Bonchev–Trinajstić information content (AvgIpc) is 2.79. The standard InChI is InChI=1S/C21H34/c1-19(2)11-6-13-21(4)17-10-14-20(3)12-5-7-16(20)15(17)8-9-18(19)21/h8,16-18H,5-7,9-14H2,1-4H3/t16?,17?,18-,20+,21+/m0/s1. The molecule has 0 nitrogen and oxygen atoms in total. The van der Waals surface area contributed by atoms with E-state index in [1.165, 1.54) is 57.8 Å². The number of fused-ring (bicyclic) bond motifs is 5. The topological polar surface area (TPSA) is 0 Å². The van der Waals surface area contributed by atoms with E-state index < -0.39 is 0 Å². The van der Waals surface area contributed by atoms with Gasteiger partial charge >= 0.3 is 0 Å². The lowest BCUT2D eigenvalue weighted by Crippen LogP contribution is -2.51. The SMILES string of the molecule is CC1(C)CCC[C@]2(C)C3CC[C@@]4(C)CCCC4C3=CC[C@@H]12. The summed E-state index contributed by atoms with van der Waals surface area (Å²) in [6.07, 6.45) is 16.0. The van der Waals surface area contributed by atoms with E-state index in [4.69, 9.17) is 0 Å². The molecule has 0 heterocycles. The third-order valence-electron chi connectivity index (χ3n) is 8.55. The Morgan fingerprint density at radius 1 is 0.857 bits per heavy atom. The second-order valence-corrected chi connectivity index (χ2v) is 10.0. The molecule has 0 bridgehead atoms. The van der Waals surface area contributed by atoms with Gasteiger partial charge in [-0.2, -0.15) is 0 Å². The first-order valence-electron chi connectivity index (χ1n) is 9.57. The van der Waals surface area contributed by atoms with E-state index in [-0.39, 0.29) is 0 Å². The number of hydrogen-bond donors (Lipinski definition) is 0. The molecular weight excluding hydrogens is 252 g/mol. The molecule has 4 aliphatic rings. The largest absolute Gasteiger partial charge is 0.0844 e. The van der Waals surface area contributed by atoms with Crippen molar-refractivity contribution >= 4 is 0 Å². The van der Waals surface area contributed by atoms with Crippen LogP contribution in [0.1, 0.15) is 85.5 Å². The average molecular weight is 287 g/mol. The highest BCUT2D eigenvalue weighted by Crippen LogP contribution is 2.66. The molecule has 4 aliphatic carbocycles. The zero-order chi connectivity index (χ0) is 14.9. The molecule has 0 saturated heterocycles. The second-order valence-electron chi connectivity index (χ2n) is 10.0. The Kier molecular flexibility index (Phi) is 3.00. The summed E-state index contributed by atoms with van der Waals surface area (Å²) in [5.74, 6) is 2.80. The second kappa shape index (κ2) is 4.39. The summed E-state index contributed by atoms with van der Waals surface area (Å²) in [4.78, 5) is 0. The van der Waals surface area contributed by atoms with Gasteiger partial charge in [0.1, 0.15) is 0 Å². The van der Waals surface area contributed by atoms with Crippen LogP contribution >= 0.6 is 0 Å². The predicted octanol–water partition coefficient (Wildman–Crippen LogP) is 6.37. The van der Waals surface area contributed by atoms with E-state index in [0.29, 0.717) is 16.2 Å². The molecule has 0 spiro atoms. The molecule has 0 aromatic heterocycles. The number of rotatable bonds is 0. The molecule has 0 aromatic carbocycles. The van der Waals surface area contributed by atoms with Crippen LogP contribution in [0.25, 0.3) is 0 Å². The van der Waals surface area contributed by atoms with Crippen molar-refractivity contribution in [1.82, 2.24) is 0 Å². The van der Waals surface area contributed by atoms with E-state index in [1.54, 1.807) is 0 Å². The van der Waals surface area contributed by atoms with Gasteiger partial charge in [-0.1, -0.05) is 52.2 Å². The van der Waals surface area contributed by atoms with E-state index >= 15 is 0 Å². The summed E-state index contributed by atoms with van der Waals surface area (Å²) < 4.78 is 0. The minimum absolute atomic E-state index is 0.561. The van der Waals surface area contributed by atoms with Gasteiger partial charge in [-0.25, -0.2) is 0 Å². The molecule has 118 valence electrons. The van der Waals surface area contributed by atoms with Gasteiger partial charge in [0.15, 0.2) is 0 Å². The lowest BCUT2D eigenvalue weighted by Gasteiger charge is -2.60. The van der Waals surface area contributed by atoms with E-state index in [9.17, 15) is 0 Å². The van der Waals surface area contributed by atoms with Crippen LogP contribution in [0.4, 0.5) is 0 Å². The Hall–Kier alpha value is -0.260. The third kappa shape index (κ3) is 1.86. The molecule has 2 unspecified atom stereocenters. The van der Waals surface area contributed by atoms with Crippen LogP contribution in [0.15, 0.2) is 11.6 Å². The van der Waals surface area contributed by atoms with Crippen molar-refractivity contribution in [2.75, 3.05) is 0 Å². The Morgan fingerprint density at radius 3 is 2.48 bits per heavy atom. The van der Waals surface area contributed by atoms with E-state index in [2.05, 4.69) is 33.8 Å². The Morgan fingerprint density at radius 2 is 1.67 bits per heavy atom. The molecule has 0 N–H and O–H groups in total. The van der Waals surface area contributed by atoms with Gasteiger partial charge in [0.2, 0.25) is 0 Å². The summed E-state index contributed by atoms with van der Waals surface area (Å²) in [6, 6.07) is 0. The van der Waals surface area contributed by atoms with Gasteiger partial charge < -0.3 is 0 Å². The zero-order valence-electron chi connectivity index (χ0n) is 14.7.